The van der Waals surface area contributed by atoms with Crippen molar-refractivity contribution in [1.82, 2.24) is 20.3 Å². The summed E-state index contributed by atoms with van der Waals surface area (Å²) >= 11 is 5.96. The Hall–Kier alpha value is -2.66. The lowest BCUT2D eigenvalue weighted by Crippen LogP contribution is -2.30. The van der Waals surface area contributed by atoms with Gasteiger partial charge in [0.2, 0.25) is 0 Å². The van der Waals surface area contributed by atoms with Crippen LogP contribution in [0.15, 0.2) is 55.1 Å². The normalized spacial score (nSPS) is 11.9. The van der Waals surface area contributed by atoms with Gasteiger partial charge in [0.25, 0.3) is 5.91 Å². The van der Waals surface area contributed by atoms with Crippen LogP contribution in [0.25, 0.3) is 0 Å². The van der Waals surface area contributed by atoms with Gasteiger partial charge in [-0.1, -0.05) is 23.7 Å². The Balaban J connectivity index is 1.94. The Morgan fingerprint density at radius 1 is 1.13 bits per heavy atom. The van der Waals surface area contributed by atoms with Gasteiger partial charge in [-0.2, -0.15) is 0 Å². The molecule has 0 aliphatic heterocycles. The maximum Gasteiger partial charge on any atom is 0.272 e. The van der Waals surface area contributed by atoms with Crippen molar-refractivity contribution in [3.8, 4) is 0 Å². The summed E-state index contributed by atoms with van der Waals surface area (Å²) in [5.74, 6) is -0.236. The second-order valence-corrected chi connectivity index (χ2v) is 5.55. The molecule has 0 saturated carbocycles. The lowest BCUT2D eigenvalue weighted by atomic mass is 9.99. The third-order valence-electron chi connectivity index (χ3n) is 3.56. The Labute approximate surface area is 138 Å². The molecule has 23 heavy (non-hydrogen) atoms. The molecule has 6 heteroatoms. The fraction of sp³-hybridized carbons (Fsp3) is 0.118. The van der Waals surface area contributed by atoms with Crippen LogP contribution >= 0.6 is 11.6 Å². The summed E-state index contributed by atoms with van der Waals surface area (Å²) in [6, 6.07) is 10.8. The van der Waals surface area contributed by atoms with Crippen molar-refractivity contribution in [2.45, 2.75) is 13.0 Å². The van der Waals surface area contributed by atoms with Gasteiger partial charge >= 0.3 is 0 Å². The van der Waals surface area contributed by atoms with E-state index < -0.39 is 0 Å². The van der Waals surface area contributed by atoms with Crippen molar-refractivity contribution in [3.05, 3.63) is 82.7 Å². The monoisotopic (exact) mass is 326 g/mol. The summed E-state index contributed by atoms with van der Waals surface area (Å²) in [6.45, 7) is 1.81. The van der Waals surface area contributed by atoms with Crippen LogP contribution in [0.2, 0.25) is 5.02 Å². The molecular weight excluding hydrogens is 312 g/mol. The first-order chi connectivity index (χ1) is 11.1. The molecule has 5 nitrogen and oxygen atoms in total. The molecule has 3 aromatic rings. The highest BCUT2D eigenvalue weighted by Crippen LogP contribution is 2.23. The summed E-state index contributed by atoms with van der Waals surface area (Å²) in [5, 5.41) is 3.67. The first-order valence-electron chi connectivity index (χ1n) is 7.11. The third kappa shape index (κ3) is 3.40. The minimum absolute atomic E-state index is 0.236. The third-order valence-corrected chi connectivity index (χ3v) is 3.82. The topological polar surface area (TPSA) is 70.7 Å². The fourth-order valence-electron chi connectivity index (χ4n) is 2.36. The van der Waals surface area contributed by atoms with E-state index in [1.807, 2.05) is 31.2 Å². The van der Waals surface area contributed by atoms with Gasteiger partial charge in [-0.25, -0.2) is 4.98 Å². The molecule has 2 aromatic heterocycles. The number of hydrogen-bond acceptors (Lipinski definition) is 3. The van der Waals surface area contributed by atoms with Crippen LogP contribution in [-0.4, -0.2) is 20.9 Å². The lowest BCUT2D eigenvalue weighted by molar-refractivity contribution is 0.0938. The highest BCUT2D eigenvalue weighted by molar-refractivity contribution is 6.30. The number of aromatic amines is 1. The van der Waals surface area contributed by atoms with Gasteiger partial charge in [0, 0.05) is 23.1 Å². The SMILES string of the molecule is Cc1[nH]cnc1C(=O)NC(c1ccncc1)c1ccc(Cl)cc1. The van der Waals surface area contributed by atoms with Crippen LogP contribution < -0.4 is 5.32 Å². The first-order valence-corrected chi connectivity index (χ1v) is 7.49. The summed E-state index contributed by atoms with van der Waals surface area (Å²) in [6.07, 6.45) is 4.91. The molecule has 1 aromatic carbocycles. The predicted octanol–water partition coefficient (Wildman–Crippen LogP) is 3.29. The quantitative estimate of drug-likeness (QED) is 0.773. The molecule has 0 aliphatic rings. The zero-order chi connectivity index (χ0) is 16.2. The van der Waals surface area contributed by atoms with Crippen molar-refractivity contribution < 1.29 is 4.79 Å². The number of aromatic nitrogens is 3. The Morgan fingerprint density at radius 2 is 1.78 bits per heavy atom. The zero-order valence-electron chi connectivity index (χ0n) is 12.5. The number of aryl methyl sites for hydroxylation is 1. The molecular formula is C17H15ClN4O. The van der Waals surface area contributed by atoms with E-state index in [-0.39, 0.29) is 11.9 Å². The Morgan fingerprint density at radius 3 is 2.39 bits per heavy atom. The Kier molecular flexibility index (Phi) is 4.39. The van der Waals surface area contributed by atoms with E-state index in [4.69, 9.17) is 11.6 Å². The molecule has 2 heterocycles. The van der Waals surface area contributed by atoms with E-state index in [2.05, 4.69) is 20.3 Å². The largest absolute Gasteiger partial charge is 0.348 e. The number of carbonyl (C=O) groups excluding carboxylic acids is 1. The second kappa shape index (κ2) is 6.62. The van der Waals surface area contributed by atoms with Gasteiger partial charge in [-0.05, 0) is 42.3 Å². The smallest absolute Gasteiger partial charge is 0.272 e. The number of benzene rings is 1. The molecule has 1 atom stereocenters. The number of pyridine rings is 1. The fourth-order valence-corrected chi connectivity index (χ4v) is 2.48. The maximum absolute atomic E-state index is 12.5. The highest BCUT2D eigenvalue weighted by Gasteiger charge is 2.20. The first kappa shape index (κ1) is 15.2. The van der Waals surface area contributed by atoms with E-state index in [0.29, 0.717) is 10.7 Å². The maximum atomic E-state index is 12.5. The minimum Gasteiger partial charge on any atom is -0.348 e. The number of amides is 1. The molecule has 0 fully saturated rings. The van der Waals surface area contributed by atoms with E-state index in [9.17, 15) is 4.79 Å². The number of H-pyrrole nitrogens is 1. The van der Waals surface area contributed by atoms with Crippen molar-refractivity contribution in [2.24, 2.45) is 0 Å². The highest BCUT2D eigenvalue weighted by atomic mass is 35.5. The van der Waals surface area contributed by atoms with Crippen LogP contribution in [0.1, 0.15) is 33.4 Å². The van der Waals surface area contributed by atoms with Crippen LogP contribution in [0.4, 0.5) is 0 Å². The number of hydrogen-bond donors (Lipinski definition) is 2. The number of nitrogens with one attached hydrogen (secondary N) is 2. The zero-order valence-corrected chi connectivity index (χ0v) is 13.2. The lowest BCUT2D eigenvalue weighted by Gasteiger charge is -2.19. The number of imidazole rings is 1. The Bertz CT molecular complexity index is 799. The number of halogens is 1. The molecule has 1 unspecified atom stereocenters. The van der Waals surface area contributed by atoms with E-state index >= 15 is 0 Å². The summed E-state index contributed by atoms with van der Waals surface area (Å²) in [5.41, 5.74) is 2.98. The van der Waals surface area contributed by atoms with E-state index in [0.717, 1.165) is 16.8 Å². The summed E-state index contributed by atoms with van der Waals surface area (Å²) < 4.78 is 0. The molecule has 1 amide bonds. The number of carbonyl (C=O) groups is 1. The summed E-state index contributed by atoms with van der Waals surface area (Å²) in [4.78, 5) is 23.5. The van der Waals surface area contributed by atoms with Crippen LogP contribution in [0.5, 0.6) is 0 Å². The number of nitrogens with zero attached hydrogens (tertiary/aromatic N) is 2. The van der Waals surface area contributed by atoms with Crippen LogP contribution in [-0.2, 0) is 0 Å². The average Bonchev–Trinajstić information content (AvgIpc) is 3.00. The molecule has 116 valence electrons. The van der Waals surface area contributed by atoms with Gasteiger partial charge in [0.05, 0.1) is 12.4 Å². The van der Waals surface area contributed by atoms with Gasteiger partial charge < -0.3 is 10.3 Å². The molecule has 0 radical (unpaired) electrons. The minimum atomic E-state index is -0.307. The van der Waals surface area contributed by atoms with E-state index in [1.54, 1.807) is 24.5 Å². The van der Waals surface area contributed by atoms with Gasteiger partial charge in [-0.3, -0.25) is 9.78 Å². The van der Waals surface area contributed by atoms with Crippen molar-refractivity contribution in [2.75, 3.05) is 0 Å². The average molecular weight is 327 g/mol. The van der Waals surface area contributed by atoms with E-state index in [1.165, 1.54) is 6.33 Å². The van der Waals surface area contributed by atoms with Crippen molar-refractivity contribution in [1.29, 1.82) is 0 Å². The van der Waals surface area contributed by atoms with Crippen molar-refractivity contribution in [3.63, 3.8) is 0 Å². The molecule has 2 N–H and O–H groups in total. The van der Waals surface area contributed by atoms with Gasteiger partial charge in [-0.15, -0.1) is 0 Å². The number of rotatable bonds is 4. The van der Waals surface area contributed by atoms with Gasteiger partial charge in [0.15, 0.2) is 0 Å². The molecule has 0 spiro atoms. The second-order valence-electron chi connectivity index (χ2n) is 5.11. The van der Waals surface area contributed by atoms with Crippen LogP contribution in [0.3, 0.4) is 0 Å². The van der Waals surface area contributed by atoms with Crippen molar-refractivity contribution >= 4 is 17.5 Å². The standard InChI is InChI=1S/C17H15ClN4O/c1-11-15(21-10-20-11)17(23)22-16(13-6-8-19-9-7-13)12-2-4-14(18)5-3-12/h2-10,16H,1H3,(H,20,21)(H,22,23). The summed E-state index contributed by atoms with van der Waals surface area (Å²) in [7, 11) is 0. The van der Waals surface area contributed by atoms with Crippen LogP contribution in [0, 0.1) is 6.92 Å². The molecule has 0 bridgehead atoms. The molecule has 0 saturated heterocycles. The predicted molar refractivity (Wildman–Crippen MR) is 88.3 cm³/mol. The molecule has 0 aliphatic carbocycles. The van der Waals surface area contributed by atoms with Gasteiger partial charge in [0.1, 0.15) is 5.69 Å². The molecule has 3 rings (SSSR count).